The molecular formula is C28H41N3O8. The van der Waals surface area contributed by atoms with Gasteiger partial charge in [0.05, 0.1) is 19.6 Å². The van der Waals surface area contributed by atoms with E-state index in [4.69, 9.17) is 14.2 Å². The Bertz CT molecular complexity index is 1030. The number of aliphatic hydroxyl groups excluding tert-OH is 1. The van der Waals surface area contributed by atoms with Crippen molar-refractivity contribution in [3.8, 4) is 17.2 Å². The average Bonchev–Trinajstić information content (AvgIpc) is 3.65. The van der Waals surface area contributed by atoms with Gasteiger partial charge in [-0.05, 0) is 43.4 Å². The summed E-state index contributed by atoms with van der Waals surface area (Å²) >= 11 is 0. The summed E-state index contributed by atoms with van der Waals surface area (Å²) in [5.74, 6) is -0.641. The Labute approximate surface area is 229 Å². The molecule has 0 aromatic heterocycles. The summed E-state index contributed by atoms with van der Waals surface area (Å²) in [4.78, 5) is 44.1. The molecule has 0 radical (unpaired) electrons. The van der Waals surface area contributed by atoms with Crippen LogP contribution in [0.3, 0.4) is 0 Å². The second-order valence-corrected chi connectivity index (χ2v) is 10.5. The lowest BCUT2D eigenvalue weighted by atomic mass is 9.84. The second kappa shape index (κ2) is 13.3. The fourth-order valence-corrected chi connectivity index (χ4v) is 6.03. The zero-order valence-corrected chi connectivity index (χ0v) is 23.0. The van der Waals surface area contributed by atoms with E-state index in [9.17, 15) is 24.6 Å². The summed E-state index contributed by atoms with van der Waals surface area (Å²) in [6.45, 7) is 4.77. The molecule has 3 aliphatic rings. The number of carbonyl (C=O) groups excluding carboxylic acids is 2. The van der Waals surface area contributed by atoms with E-state index < -0.39 is 23.8 Å². The number of carbonyl (C=O) groups is 3. The lowest BCUT2D eigenvalue weighted by molar-refractivity contribution is -0.144. The highest BCUT2D eigenvalue weighted by Crippen LogP contribution is 2.47. The molecule has 4 rings (SSSR count). The molecule has 39 heavy (non-hydrogen) atoms. The SMILES string of the molecule is CCCCN(CCCO)C(=O)CN1C[C@H](c2cc(OC)c3c(c2)OCO3)[C@@H](C(=O)O)[C@@H]1CCN1CCCC1=O. The molecule has 0 spiro atoms. The fourth-order valence-electron chi connectivity index (χ4n) is 6.03. The molecule has 2 saturated heterocycles. The Morgan fingerprint density at radius 1 is 1.21 bits per heavy atom. The Morgan fingerprint density at radius 3 is 2.67 bits per heavy atom. The van der Waals surface area contributed by atoms with Crippen LogP contribution in [0, 0.1) is 5.92 Å². The normalized spacial score (nSPS) is 22.5. The van der Waals surface area contributed by atoms with Gasteiger partial charge in [-0.25, -0.2) is 0 Å². The molecule has 11 nitrogen and oxygen atoms in total. The van der Waals surface area contributed by atoms with E-state index in [2.05, 4.69) is 6.92 Å². The zero-order chi connectivity index (χ0) is 27.9. The van der Waals surface area contributed by atoms with Gasteiger partial charge in [0.1, 0.15) is 0 Å². The minimum atomic E-state index is -0.938. The first-order valence-corrected chi connectivity index (χ1v) is 14.0. The van der Waals surface area contributed by atoms with Gasteiger partial charge in [0.15, 0.2) is 11.5 Å². The van der Waals surface area contributed by atoms with E-state index in [0.717, 1.165) is 24.8 Å². The number of methoxy groups -OCH3 is 1. The van der Waals surface area contributed by atoms with Crippen LogP contribution in [0.2, 0.25) is 0 Å². The molecule has 1 aromatic rings. The first kappa shape index (κ1) is 28.9. The number of amides is 2. The maximum absolute atomic E-state index is 13.5. The highest BCUT2D eigenvalue weighted by Gasteiger charge is 2.48. The van der Waals surface area contributed by atoms with Crippen molar-refractivity contribution in [1.29, 1.82) is 0 Å². The van der Waals surface area contributed by atoms with Gasteiger partial charge >= 0.3 is 5.97 Å². The molecular weight excluding hydrogens is 506 g/mol. The van der Waals surface area contributed by atoms with Crippen LogP contribution in [0.15, 0.2) is 12.1 Å². The van der Waals surface area contributed by atoms with Crippen molar-refractivity contribution in [3.05, 3.63) is 17.7 Å². The summed E-state index contributed by atoms with van der Waals surface area (Å²) < 4.78 is 16.6. The molecule has 2 amide bonds. The molecule has 0 unspecified atom stereocenters. The standard InChI is InChI=1S/C28H41N3O8/c1-3-4-9-29(11-6-13-32)25(34)17-31-16-20(19-14-22(37-2)27-23(15-19)38-18-39-27)26(28(35)36)21(31)8-12-30-10-5-7-24(30)33/h14-15,20-21,26,32H,3-13,16-18H2,1-2H3,(H,35,36)/t20-,21+,26-/m1/s1. The molecule has 0 bridgehead atoms. The number of hydrogen-bond donors (Lipinski definition) is 2. The van der Waals surface area contributed by atoms with Crippen molar-refractivity contribution >= 4 is 17.8 Å². The number of likely N-dealkylation sites (tertiary alicyclic amines) is 2. The number of fused-ring (bicyclic) bond motifs is 1. The maximum Gasteiger partial charge on any atom is 0.308 e. The summed E-state index contributed by atoms with van der Waals surface area (Å²) in [5, 5.41) is 19.8. The summed E-state index contributed by atoms with van der Waals surface area (Å²) in [6.07, 6.45) is 4.08. The van der Waals surface area contributed by atoms with Crippen LogP contribution in [-0.2, 0) is 14.4 Å². The number of hydrogen-bond acceptors (Lipinski definition) is 8. The van der Waals surface area contributed by atoms with Gasteiger partial charge in [0, 0.05) is 57.7 Å². The van der Waals surface area contributed by atoms with Crippen LogP contribution in [0.4, 0.5) is 0 Å². The lowest BCUT2D eigenvalue weighted by Crippen LogP contribution is -2.46. The minimum absolute atomic E-state index is 0.00121. The quantitative estimate of drug-likeness (QED) is 0.359. The lowest BCUT2D eigenvalue weighted by Gasteiger charge is -2.30. The molecule has 3 heterocycles. The van der Waals surface area contributed by atoms with Gasteiger partial charge in [0.25, 0.3) is 0 Å². The molecule has 2 N–H and O–H groups in total. The summed E-state index contributed by atoms with van der Waals surface area (Å²) in [6, 6.07) is 3.18. The number of carboxylic acid groups (broad SMARTS) is 1. The van der Waals surface area contributed by atoms with Crippen LogP contribution in [0.5, 0.6) is 17.2 Å². The molecule has 1 aromatic carbocycles. The number of benzene rings is 1. The highest BCUT2D eigenvalue weighted by atomic mass is 16.7. The van der Waals surface area contributed by atoms with Gasteiger partial charge in [0.2, 0.25) is 24.4 Å². The maximum atomic E-state index is 13.5. The second-order valence-electron chi connectivity index (χ2n) is 10.5. The molecule has 11 heteroatoms. The van der Waals surface area contributed by atoms with Gasteiger partial charge < -0.3 is 34.2 Å². The van der Waals surface area contributed by atoms with Crippen LogP contribution in [0.25, 0.3) is 0 Å². The number of rotatable bonds is 14. The minimum Gasteiger partial charge on any atom is -0.493 e. The number of nitrogens with zero attached hydrogens (tertiary/aromatic N) is 3. The topological polar surface area (TPSA) is 129 Å². The van der Waals surface area contributed by atoms with Crippen molar-refractivity contribution < 1.29 is 38.8 Å². The molecule has 2 fully saturated rings. The Balaban J connectivity index is 1.62. The van der Waals surface area contributed by atoms with E-state index in [1.165, 1.54) is 7.11 Å². The summed E-state index contributed by atoms with van der Waals surface area (Å²) in [5.41, 5.74) is 0.754. The number of unbranched alkanes of at least 4 members (excludes halogenated alkanes) is 1. The van der Waals surface area contributed by atoms with Crippen LogP contribution < -0.4 is 14.2 Å². The van der Waals surface area contributed by atoms with E-state index >= 15 is 0 Å². The molecule has 0 aliphatic carbocycles. The van der Waals surface area contributed by atoms with E-state index in [0.29, 0.717) is 69.2 Å². The van der Waals surface area contributed by atoms with Crippen LogP contribution >= 0.6 is 0 Å². The molecule has 3 aliphatic heterocycles. The number of aliphatic hydroxyl groups is 1. The third-order valence-electron chi connectivity index (χ3n) is 8.07. The van der Waals surface area contributed by atoms with Gasteiger partial charge in [-0.15, -0.1) is 0 Å². The largest absolute Gasteiger partial charge is 0.493 e. The average molecular weight is 548 g/mol. The number of ether oxygens (including phenoxy) is 3. The van der Waals surface area contributed by atoms with Crippen molar-refractivity contribution in [3.63, 3.8) is 0 Å². The zero-order valence-electron chi connectivity index (χ0n) is 23.0. The predicted octanol–water partition coefficient (Wildman–Crippen LogP) is 1.92. The third-order valence-corrected chi connectivity index (χ3v) is 8.07. The third kappa shape index (κ3) is 6.58. The first-order chi connectivity index (χ1) is 18.9. The Morgan fingerprint density at radius 2 is 2.00 bits per heavy atom. The van der Waals surface area contributed by atoms with Crippen LogP contribution in [0.1, 0.15) is 56.9 Å². The van der Waals surface area contributed by atoms with Crippen LogP contribution in [-0.4, -0.2) is 109 Å². The van der Waals surface area contributed by atoms with Gasteiger partial charge in [-0.1, -0.05) is 13.3 Å². The first-order valence-electron chi connectivity index (χ1n) is 14.0. The molecule has 0 saturated carbocycles. The number of aliphatic carboxylic acids is 1. The van der Waals surface area contributed by atoms with Gasteiger partial charge in [-0.2, -0.15) is 0 Å². The predicted molar refractivity (Wildman–Crippen MR) is 142 cm³/mol. The Hall–Kier alpha value is -3.05. The smallest absolute Gasteiger partial charge is 0.308 e. The van der Waals surface area contributed by atoms with Gasteiger partial charge in [-0.3, -0.25) is 19.3 Å². The molecule has 3 atom stereocenters. The monoisotopic (exact) mass is 547 g/mol. The highest BCUT2D eigenvalue weighted by molar-refractivity contribution is 5.79. The van der Waals surface area contributed by atoms with E-state index in [1.54, 1.807) is 15.9 Å². The summed E-state index contributed by atoms with van der Waals surface area (Å²) in [7, 11) is 1.53. The van der Waals surface area contributed by atoms with E-state index in [-0.39, 0.29) is 31.8 Å². The molecule has 216 valence electrons. The van der Waals surface area contributed by atoms with E-state index in [1.807, 2.05) is 11.0 Å². The number of carboxylic acids is 1. The van der Waals surface area contributed by atoms with Crippen molar-refractivity contribution in [2.75, 3.05) is 59.8 Å². The van der Waals surface area contributed by atoms with Crippen molar-refractivity contribution in [2.45, 2.75) is 57.4 Å². The fraction of sp³-hybridized carbons (Fsp3) is 0.679. The Kier molecular flexibility index (Phi) is 9.90. The van der Waals surface area contributed by atoms with Crippen molar-refractivity contribution in [1.82, 2.24) is 14.7 Å². The van der Waals surface area contributed by atoms with Crippen molar-refractivity contribution in [2.24, 2.45) is 5.92 Å².